The van der Waals surface area contributed by atoms with Crippen LogP contribution in [-0.2, 0) is 18.3 Å². The first-order chi connectivity index (χ1) is 13.2. The number of ether oxygens (including phenoxy) is 1. The number of hydrogen-bond donors (Lipinski definition) is 0. The van der Waals surface area contributed by atoms with Crippen LogP contribution >= 0.6 is 0 Å². The fourth-order valence-electron chi connectivity index (χ4n) is 3.50. The van der Waals surface area contributed by atoms with Gasteiger partial charge in [-0.1, -0.05) is 24.3 Å². The number of halogens is 1. The molecule has 0 atom stereocenters. The van der Waals surface area contributed by atoms with Crippen molar-refractivity contribution in [2.45, 2.75) is 25.3 Å². The predicted molar refractivity (Wildman–Crippen MR) is 105 cm³/mol. The van der Waals surface area contributed by atoms with Crippen molar-refractivity contribution in [3.8, 4) is 0 Å². The van der Waals surface area contributed by atoms with Crippen LogP contribution in [0.4, 0.5) is 4.39 Å². The number of rotatable bonds is 3. The third-order valence-electron chi connectivity index (χ3n) is 5.22. The normalized spacial score (nSPS) is 17.6. The highest BCUT2D eigenvalue weighted by Crippen LogP contribution is 2.41. The molecule has 5 heteroatoms. The fraction of sp³-hybridized carbons (Fsp3) is 0.409. The summed E-state index contributed by atoms with van der Waals surface area (Å²) in [5, 5.41) is 0. The quantitative estimate of drug-likeness (QED) is 0.698. The van der Waals surface area contributed by atoms with E-state index in [1.807, 2.05) is 42.2 Å². The summed E-state index contributed by atoms with van der Waals surface area (Å²) < 4.78 is 20.9. The van der Waals surface area contributed by atoms with Crippen molar-refractivity contribution >= 4 is 11.0 Å². The number of aromatic nitrogens is 2. The number of benzene rings is 2. The maximum atomic E-state index is 13.6. The Morgan fingerprint density at radius 2 is 1.89 bits per heavy atom. The van der Waals surface area contributed by atoms with Crippen LogP contribution in [0.3, 0.4) is 0 Å². The number of aryl methyl sites for hydroxylation is 1. The SMILES string of the molecule is Cn1cnc2ccccc21.Fc1ccc(CN2CCOCC2)cc1C1CC1. The molecule has 27 heavy (non-hydrogen) atoms. The summed E-state index contributed by atoms with van der Waals surface area (Å²) in [4.78, 5) is 6.55. The summed E-state index contributed by atoms with van der Waals surface area (Å²) in [6.07, 6.45) is 4.13. The van der Waals surface area contributed by atoms with E-state index < -0.39 is 0 Å². The zero-order valence-electron chi connectivity index (χ0n) is 15.8. The number of fused-ring (bicyclic) bond motifs is 1. The van der Waals surface area contributed by atoms with Gasteiger partial charge in [-0.2, -0.15) is 0 Å². The number of para-hydroxylation sites is 2. The van der Waals surface area contributed by atoms with Crippen molar-refractivity contribution in [2.75, 3.05) is 26.3 Å². The number of imidazole rings is 1. The fourth-order valence-corrected chi connectivity index (χ4v) is 3.50. The molecule has 1 aliphatic heterocycles. The minimum Gasteiger partial charge on any atom is -0.379 e. The molecular formula is C22H26FN3O. The summed E-state index contributed by atoms with van der Waals surface area (Å²) in [5.41, 5.74) is 4.40. The second-order valence-electron chi connectivity index (χ2n) is 7.36. The molecule has 0 unspecified atom stereocenters. The maximum absolute atomic E-state index is 13.6. The summed E-state index contributed by atoms with van der Waals surface area (Å²) >= 11 is 0. The smallest absolute Gasteiger partial charge is 0.126 e. The van der Waals surface area contributed by atoms with Gasteiger partial charge in [0, 0.05) is 26.7 Å². The van der Waals surface area contributed by atoms with E-state index in [2.05, 4.69) is 22.0 Å². The van der Waals surface area contributed by atoms with E-state index in [9.17, 15) is 4.39 Å². The highest BCUT2D eigenvalue weighted by Gasteiger charge is 2.26. The van der Waals surface area contributed by atoms with Gasteiger partial charge in [-0.25, -0.2) is 9.37 Å². The number of nitrogens with zero attached hydrogens (tertiary/aromatic N) is 3. The van der Waals surface area contributed by atoms with Crippen LogP contribution in [0.5, 0.6) is 0 Å². The van der Waals surface area contributed by atoms with Crippen LogP contribution < -0.4 is 0 Å². The van der Waals surface area contributed by atoms with E-state index in [1.165, 1.54) is 11.1 Å². The van der Waals surface area contributed by atoms with Gasteiger partial charge in [-0.15, -0.1) is 0 Å². The summed E-state index contributed by atoms with van der Waals surface area (Å²) in [7, 11) is 2.00. The van der Waals surface area contributed by atoms with Gasteiger partial charge in [0.15, 0.2) is 0 Å². The topological polar surface area (TPSA) is 30.3 Å². The zero-order chi connectivity index (χ0) is 18.6. The van der Waals surface area contributed by atoms with Gasteiger partial charge in [-0.05, 0) is 48.1 Å². The molecule has 0 N–H and O–H groups in total. The second-order valence-corrected chi connectivity index (χ2v) is 7.36. The molecule has 1 aromatic heterocycles. The molecule has 142 valence electrons. The third-order valence-corrected chi connectivity index (χ3v) is 5.22. The zero-order valence-corrected chi connectivity index (χ0v) is 15.8. The van der Waals surface area contributed by atoms with Gasteiger partial charge in [0.1, 0.15) is 5.82 Å². The molecule has 1 aliphatic carbocycles. The average Bonchev–Trinajstić information content (AvgIpc) is 3.48. The summed E-state index contributed by atoms with van der Waals surface area (Å²) in [6.45, 7) is 4.52. The minimum atomic E-state index is -0.0294. The van der Waals surface area contributed by atoms with Gasteiger partial charge < -0.3 is 9.30 Å². The van der Waals surface area contributed by atoms with Gasteiger partial charge in [0.2, 0.25) is 0 Å². The molecule has 5 rings (SSSR count). The van der Waals surface area contributed by atoms with Crippen molar-refractivity contribution in [3.63, 3.8) is 0 Å². The largest absolute Gasteiger partial charge is 0.379 e. The van der Waals surface area contributed by atoms with Crippen LogP contribution in [0.25, 0.3) is 11.0 Å². The van der Waals surface area contributed by atoms with E-state index >= 15 is 0 Å². The first-order valence-electron chi connectivity index (χ1n) is 9.65. The highest BCUT2D eigenvalue weighted by atomic mass is 19.1. The highest BCUT2D eigenvalue weighted by molar-refractivity contribution is 5.74. The lowest BCUT2D eigenvalue weighted by molar-refractivity contribution is 0.0342. The Bertz CT molecular complexity index is 897. The van der Waals surface area contributed by atoms with Crippen LogP contribution in [0, 0.1) is 5.82 Å². The van der Waals surface area contributed by atoms with Crippen molar-refractivity contribution in [1.82, 2.24) is 14.5 Å². The Kier molecular flexibility index (Phi) is 5.50. The Balaban J connectivity index is 0.000000153. The number of hydrogen-bond acceptors (Lipinski definition) is 3. The predicted octanol–water partition coefficient (Wildman–Crippen LogP) is 4.11. The van der Waals surface area contributed by atoms with Gasteiger partial charge in [-0.3, -0.25) is 4.90 Å². The molecule has 4 nitrogen and oxygen atoms in total. The van der Waals surface area contributed by atoms with E-state index in [0.29, 0.717) is 5.92 Å². The summed E-state index contributed by atoms with van der Waals surface area (Å²) in [6, 6.07) is 13.7. The molecule has 2 aromatic carbocycles. The molecule has 1 saturated carbocycles. The first kappa shape index (κ1) is 18.1. The van der Waals surface area contributed by atoms with Crippen molar-refractivity contribution in [3.05, 3.63) is 65.7 Å². The first-order valence-corrected chi connectivity index (χ1v) is 9.65. The van der Waals surface area contributed by atoms with Crippen LogP contribution in [0.15, 0.2) is 48.8 Å². The standard InChI is InChI=1S/C14H18FNO.C8H8N2/c15-14-4-1-11(9-13(14)12-2-3-12)10-16-5-7-17-8-6-16;1-10-6-9-7-4-2-3-5-8(7)10/h1,4,9,12H,2-3,5-8,10H2;2-6H,1H3. The van der Waals surface area contributed by atoms with E-state index in [4.69, 9.17) is 4.74 Å². The lowest BCUT2D eigenvalue weighted by atomic mass is 10.1. The second kappa shape index (κ2) is 8.19. The minimum absolute atomic E-state index is 0.0294. The van der Waals surface area contributed by atoms with Crippen LogP contribution in [0.1, 0.15) is 29.9 Å². The molecule has 2 fully saturated rings. The molecule has 0 spiro atoms. The van der Waals surface area contributed by atoms with E-state index in [0.717, 1.165) is 56.8 Å². The van der Waals surface area contributed by atoms with Gasteiger partial charge in [0.25, 0.3) is 0 Å². The Labute approximate surface area is 159 Å². The molecule has 0 amide bonds. The Morgan fingerprint density at radius 3 is 2.63 bits per heavy atom. The molecule has 3 aromatic rings. The average molecular weight is 367 g/mol. The third kappa shape index (κ3) is 4.54. The molecule has 0 bridgehead atoms. The molecule has 0 radical (unpaired) electrons. The maximum Gasteiger partial charge on any atom is 0.126 e. The molecular weight excluding hydrogens is 341 g/mol. The molecule has 2 aliphatic rings. The van der Waals surface area contributed by atoms with E-state index in [-0.39, 0.29) is 5.82 Å². The molecule has 1 saturated heterocycles. The number of morpholine rings is 1. The lowest BCUT2D eigenvalue weighted by Gasteiger charge is -2.26. The van der Waals surface area contributed by atoms with Crippen molar-refractivity contribution < 1.29 is 9.13 Å². The Morgan fingerprint density at radius 1 is 1.11 bits per heavy atom. The van der Waals surface area contributed by atoms with Gasteiger partial charge in [0.05, 0.1) is 30.6 Å². The van der Waals surface area contributed by atoms with Crippen molar-refractivity contribution in [1.29, 1.82) is 0 Å². The monoisotopic (exact) mass is 367 g/mol. The van der Waals surface area contributed by atoms with E-state index in [1.54, 1.807) is 6.07 Å². The van der Waals surface area contributed by atoms with Crippen LogP contribution in [-0.4, -0.2) is 40.8 Å². The Hall–Kier alpha value is -2.24. The summed E-state index contributed by atoms with van der Waals surface area (Å²) in [5.74, 6) is 0.456. The molecule has 2 heterocycles. The van der Waals surface area contributed by atoms with Crippen LogP contribution in [0.2, 0.25) is 0 Å². The lowest BCUT2D eigenvalue weighted by Crippen LogP contribution is -2.35. The van der Waals surface area contributed by atoms with Gasteiger partial charge >= 0.3 is 0 Å². The van der Waals surface area contributed by atoms with Crippen molar-refractivity contribution in [2.24, 2.45) is 7.05 Å².